The Labute approximate surface area is 181 Å². The maximum atomic E-state index is 13.5. The molecule has 1 aliphatic heterocycles. The minimum atomic E-state index is -4.53. The molecule has 2 aliphatic rings. The number of piperidine rings is 1. The van der Waals surface area contributed by atoms with Crippen molar-refractivity contribution in [2.24, 2.45) is 5.92 Å². The molecule has 0 spiro atoms. The van der Waals surface area contributed by atoms with E-state index < -0.39 is 11.9 Å². The number of nitrogens with zero attached hydrogens (tertiary/aromatic N) is 5. The summed E-state index contributed by atoms with van der Waals surface area (Å²) in [5.41, 5.74) is 0.591. The summed E-state index contributed by atoms with van der Waals surface area (Å²) in [5, 5.41) is 3.17. The summed E-state index contributed by atoms with van der Waals surface area (Å²) in [5.74, 6) is 0.452. The van der Waals surface area contributed by atoms with Crippen LogP contribution in [0.3, 0.4) is 0 Å². The number of carbonyl (C=O) groups excluding carboxylic acids is 1. The van der Waals surface area contributed by atoms with Crippen molar-refractivity contribution < 1.29 is 18.0 Å². The van der Waals surface area contributed by atoms with Gasteiger partial charge in [-0.25, -0.2) is 9.97 Å². The smallest absolute Gasteiger partial charge is 0.364 e. The Morgan fingerprint density at radius 2 is 1.84 bits per heavy atom. The standard InChI is InChI=1S/C22H19F3N6O/c23-22(24,25)18-10-29-19(11-28-18)30-16-8-13-9-17(16)31(12-13)21(32)14-4-3-7-27-20(14)15-5-1-2-6-26-15/h1-7,10-11,13,16-17H,8-9,12H2,(H,29,30). The molecule has 1 aliphatic carbocycles. The lowest BCUT2D eigenvalue weighted by Gasteiger charge is -2.34. The molecule has 0 radical (unpaired) electrons. The Morgan fingerprint density at radius 1 is 1.00 bits per heavy atom. The molecule has 4 heterocycles. The first-order chi connectivity index (χ1) is 15.4. The van der Waals surface area contributed by atoms with Crippen LogP contribution in [0.15, 0.2) is 55.1 Å². The maximum Gasteiger partial charge on any atom is 0.434 e. The lowest BCUT2D eigenvalue weighted by atomic mass is 10.0. The number of likely N-dealkylation sites (tertiary alicyclic amines) is 1. The fraction of sp³-hybridized carbons (Fsp3) is 0.318. The fourth-order valence-electron chi connectivity index (χ4n) is 4.59. The third-order valence-corrected chi connectivity index (χ3v) is 5.96. The van der Waals surface area contributed by atoms with Gasteiger partial charge < -0.3 is 10.2 Å². The molecule has 3 aromatic heterocycles. The van der Waals surface area contributed by atoms with E-state index in [1.54, 1.807) is 30.6 Å². The van der Waals surface area contributed by atoms with Crippen LogP contribution in [0.2, 0.25) is 0 Å². The van der Waals surface area contributed by atoms with E-state index >= 15 is 0 Å². The summed E-state index contributed by atoms with van der Waals surface area (Å²) in [6, 6.07) is 8.72. The Morgan fingerprint density at radius 3 is 2.53 bits per heavy atom. The second kappa shape index (κ2) is 7.85. The molecule has 3 aromatic rings. The SMILES string of the molecule is O=C(c1cccnc1-c1ccccn1)N1CC2CC(Nc3cnc(C(F)(F)F)cn3)C1C2. The molecule has 10 heteroatoms. The van der Waals surface area contributed by atoms with Crippen LogP contribution in [0.5, 0.6) is 0 Å². The van der Waals surface area contributed by atoms with E-state index in [2.05, 4.69) is 25.3 Å². The zero-order chi connectivity index (χ0) is 22.3. The molecule has 2 bridgehead atoms. The first-order valence-electron chi connectivity index (χ1n) is 10.2. The van der Waals surface area contributed by atoms with E-state index in [9.17, 15) is 18.0 Å². The average molecular weight is 440 g/mol. The normalized spacial score (nSPS) is 22.2. The van der Waals surface area contributed by atoms with Gasteiger partial charge in [-0.1, -0.05) is 6.07 Å². The van der Waals surface area contributed by atoms with Gasteiger partial charge in [0.05, 0.1) is 29.7 Å². The van der Waals surface area contributed by atoms with Crippen molar-refractivity contribution in [3.05, 3.63) is 66.4 Å². The van der Waals surface area contributed by atoms with E-state index in [0.717, 1.165) is 19.0 Å². The molecule has 3 unspecified atom stereocenters. The van der Waals surface area contributed by atoms with Gasteiger partial charge in [0.1, 0.15) is 11.5 Å². The van der Waals surface area contributed by atoms with Crippen LogP contribution < -0.4 is 5.32 Å². The van der Waals surface area contributed by atoms with Gasteiger partial charge in [0, 0.05) is 25.0 Å². The van der Waals surface area contributed by atoms with Gasteiger partial charge in [-0.2, -0.15) is 13.2 Å². The lowest BCUT2D eigenvalue weighted by molar-refractivity contribution is -0.141. The quantitative estimate of drug-likeness (QED) is 0.667. The largest absolute Gasteiger partial charge is 0.434 e. The number of halogens is 3. The van der Waals surface area contributed by atoms with Crippen LogP contribution in [0.4, 0.5) is 19.0 Å². The number of carbonyl (C=O) groups is 1. The van der Waals surface area contributed by atoms with Crippen LogP contribution in [0.1, 0.15) is 28.9 Å². The number of nitrogens with one attached hydrogen (secondary N) is 1. The minimum absolute atomic E-state index is 0.0895. The van der Waals surface area contributed by atoms with E-state index in [0.29, 0.717) is 35.6 Å². The van der Waals surface area contributed by atoms with Crippen LogP contribution in [0.25, 0.3) is 11.4 Å². The van der Waals surface area contributed by atoms with Crippen molar-refractivity contribution in [2.45, 2.75) is 31.1 Å². The predicted octanol–water partition coefficient (Wildman–Crippen LogP) is 3.67. The number of anilines is 1. The van der Waals surface area contributed by atoms with Gasteiger partial charge in [-0.15, -0.1) is 0 Å². The van der Waals surface area contributed by atoms with Gasteiger partial charge >= 0.3 is 6.18 Å². The summed E-state index contributed by atoms with van der Waals surface area (Å²) >= 11 is 0. The second-order valence-electron chi connectivity index (χ2n) is 8.01. The highest BCUT2D eigenvalue weighted by atomic mass is 19.4. The number of hydrogen-bond acceptors (Lipinski definition) is 6. The van der Waals surface area contributed by atoms with Crippen molar-refractivity contribution in [3.8, 4) is 11.4 Å². The summed E-state index contributed by atoms with van der Waals surface area (Å²) in [4.78, 5) is 31.3. The van der Waals surface area contributed by atoms with Gasteiger partial charge in [0.2, 0.25) is 0 Å². The van der Waals surface area contributed by atoms with Gasteiger partial charge in [0.25, 0.3) is 5.91 Å². The molecule has 1 N–H and O–H groups in total. The first kappa shape index (κ1) is 20.3. The van der Waals surface area contributed by atoms with Gasteiger partial charge in [0.15, 0.2) is 5.69 Å². The predicted molar refractivity (Wildman–Crippen MR) is 109 cm³/mol. The molecule has 3 atom stereocenters. The molecular formula is C22H19F3N6O. The monoisotopic (exact) mass is 440 g/mol. The number of pyridine rings is 2. The zero-order valence-corrected chi connectivity index (χ0v) is 16.8. The molecule has 0 aromatic carbocycles. The Hall–Kier alpha value is -3.56. The van der Waals surface area contributed by atoms with Crippen molar-refractivity contribution in [2.75, 3.05) is 11.9 Å². The zero-order valence-electron chi connectivity index (χ0n) is 16.8. The molecule has 2 fully saturated rings. The summed E-state index contributed by atoms with van der Waals surface area (Å²) in [6.45, 7) is 0.636. The highest BCUT2D eigenvalue weighted by Gasteiger charge is 2.47. The molecule has 1 saturated heterocycles. The Balaban J connectivity index is 1.35. The number of aromatic nitrogens is 4. The van der Waals surface area contributed by atoms with Crippen LogP contribution in [0, 0.1) is 5.92 Å². The van der Waals surface area contributed by atoms with E-state index in [4.69, 9.17) is 0 Å². The topological polar surface area (TPSA) is 83.9 Å². The lowest BCUT2D eigenvalue weighted by Crippen LogP contribution is -2.48. The number of amides is 1. The van der Waals surface area contributed by atoms with Crippen molar-refractivity contribution >= 4 is 11.7 Å². The molecule has 1 amide bonds. The molecule has 32 heavy (non-hydrogen) atoms. The van der Waals surface area contributed by atoms with Gasteiger partial charge in [-0.05, 0) is 43.0 Å². The third kappa shape index (κ3) is 3.76. The highest BCUT2D eigenvalue weighted by Crippen LogP contribution is 2.40. The van der Waals surface area contributed by atoms with Gasteiger partial charge in [-0.3, -0.25) is 14.8 Å². The third-order valence-electron chi connectivity index (χ3n) is 5.96. The summed E-state index contributed by atoms with van der Waals surface area (Å²) < 4.78 is 38.2. The summed E-state index contributed by atoms with van der Waals surface area (Å²) in [7, 11) is 0. The molecule has 1 saturated carbocycles. The number of rotatable bonds is 4. The van der Waals surface area contributed by atoms with Crippen molar-refractivity contribution in [1.29, 1.82) is 0 Å². The number of fused-ring (bicyclic) bond motifs is 2. The van der Waals surface area contributed by atoms with Crippen LogP contribution >= 0.6 is 0 Å². The maximum absolute atomic E-state index is 13.5. The summed E-state index contributed by atoms with van der Waals surface area (Å²) in [6.07, 6.45) is 2.20. The molecule has 5 rings (SSSR count). The second-order valence-corrected chi connectivity index (χ2v) is 8.01. The van der Waals surface area contributed by atoms with E-state index in [1.807, 2.05) is 17.0 Å². The molecule has 164 valence electrons. The molecule has 7 nitrogen and oxygen atoms in total. The Kier molecular flexibility index (Phi) is 4.99. The average Bonchev–Trinajstić information content (AvgIpc) is 3.40. The van der Waals surface area contributed by atoms with Crippen molar-refractivity contribution in [3.63, 3.8) is 0 Å². The van der Waals surface area contributed by atoms with Crippen LogP contribution in [-0.2, 0) is 6.18 Å². The number of hydrogen-bond donors (Lipinski definition) is 1. The highest BCUT2D eigenvalue weighted by molar-refractivity contribution is 6.00. The van der Waals surface area contributed by atoms with E-state index in [1.165, 1.54) is 0 Å². The first-order valence-corrected chi connectivity index (χ1v) is 10.2. The Bertz CT molecular complexity index is 1120. The number of alkyl halides is 3. The van der Waals surface area contributed by atoms with Crippen LogP contribution in [-0.4, -0.2) is 49.4 Å². The minimum Gasteiger partial charge on any atom is -0.364 e. The molecular weight excluding hydrogens is 421 g/mol. The van der Waals surface area contributed by atoms with E-state index in [-0.39, 0.29) is 23.8 Å². The fourth-order valence-corrected chi connectivity index (χ4v) is 4.59. The van der Waals surface area contributed by atoms with Crippen molar-refractivity contribution in [1.82, 2.24) is 24.8 Å².